The highest BCUT2D eigenvalue weighted by Gasteiger charge is 2.03. The lowest BCUT2D eigenvalue weighted by Crippen LogP contribution is -2.30. The first kappa shape index (κ1) is 13.6. The summed E-state index contributed by atoms with van der Waals surface area (Å²) < 4.78 is 6.30. The third-order valence-corrected chi connectivity index (χ3v) is 2.93. The number of halogens is 1. The van der Waals surface area contributed by atoms with E-state index in [-0.39, 0.29) is 12.5 Å². The number of aromatic amines is 1. The number of hydrogen-bond donors (Lipinski definition) is 2. The normalized spacial score (nSPS) is 10.2. The average molecular weight is 324 g/mol. The van der Waals surface area contributed by atoms with Crippen molar-refractivity contribution >= 4 is 21.8 Å². The molecule has 2 rings (SSSR count). The van der Waals surface area contributed by atoms with Gasteiger partial charge in [0.2, 0.25) is 0 Å². The number of aromatic nitrogens is 2. The van der Waals surface area contributed by atoms with Crippen LogP contribution in [0.15, 0.2) is 41.3 Å². The highest BCUT2D eigenvalue weighted by atomic mass is 79.9. The van der Waals surface area contributed by atoms with Gasteiger partial charge < -0.3 is 15.0 Å². The molecule has 0 aliphatic heterocycles. The summed E-state index contributed by atoms with van der Waals surface area (Å²) in [4.78, 5) is 18.4. The zero-order valence-electron chi connectivity index (χ0n) is 10.2. The molecule has 100 valence electrons. The minimum Gasteiger partial charge on any atom is -0.484 e. The number of benzene rings is 1. The summed E-state index contributed by atoms with van der Waals surface area (Å²) in [5, 5.41) is 2.78. The first-order valence-electron chi connectivity index (χ1n) is 5.86. The maximum atomic E-state index is 11.6. The zero-order chi connectivity index (χ0) is 13.5. The summed E-state index contributed by atoms with van der Waals surface area (Å²) in [6.07, 6.45) is 4.08. The van der Waals surface area contributed by atoms with Crippen molar-refractivity contribution in [3.63, 3.8) is 0 Å². The number of hydrogen-bond acceptors (Lipinski definition) is 3. The molecule has 2 aromatic rings. The minimum atomic E-state index is -0.139. The maximum absolute atomic E-state index is 11.6. The third-order valence-electron chi connectivity index (χ3n) is 2.44. The first-order chi connectivity index (χ1) is 9.24. The van der Waals surface area contributed by atoms with Crippen LogP contribution in [0.5, 0.6) is 5.75 Å². The van der Waals surface area contributed by atoms with Gasteiger partial charge in [-0.05, 0) is 18.2 Å². The molecule has 5 nitrogen and oxygen atoms in total. The number of rotatable bonds is 6. The molecule has 0 unspecified atom stereocenters. The standard InChI is InChI=1S/C13H14BrN3O2/c14-10-2-1-3-12(6-10)19-8-13(18)16-5-4-11-7-15-9-17-11/h1-3,6-7,9H,4-5,8H2,(H,15,17)(H,16,18). The average Bonchev–Trinajstić information content (AvgIpc) is 2.90. The molecule has 19 heavy (non-hydrogen) atoms. The smallest absolute Gasteiger partial charge is 0.257 e. The second-order valence-corrected chi connectivity index (χ2v) is 4.84. The zero-order valence-corrected chi connectivity index (χ0v) is 11.8. The quantitative estimate of drug-likeness (QED) is 0.853. The van der Waals surface area contributed by atoms with E-state index >= 15 is 0 Å². The second kappa shape index (κ2) is 6.94. The molecule has 0 saturated heterocycles. The van der Waals surface area contributed by atoms with Crippen LogP contribution in [0.1, 0.15) is 5.69 Å². The van der Waals surface area contributed by atoms with Crippen molar-refractivity contribution in [3.05, 3.63) is 47.0 Å². The number of ether oxygens (including phenoxy) is 1. The molecule has 1 aromatic heterocycles. The van der Waals surface area contributed by atoms with E-state index in [0.717, 1.165) is 16.6 Å². The van der Waals surface area contributed by atoms with E-state index in [1.165, 1.54) is 0 Å². The molecular formula is C13H14BrN3O2. The van der Waals surface area contributed by atoms with Crippen molar-refractivity contribution < 1.29 is 9.53 Å². The Bertz CT molecular complexity index is 528. The molecule has 2 N–H and O–H groups in total. The Kier molecular flexibility index (Phi) is 4.97. The Balaban J connectivity index is 1.67. The predicted molar refractivity (Wildman–Crippen MR) is 74.9 cm³/mol. The van der Waals surface area contributed by atoms with E-state index in [0.29, 0.717) is 12.3 Å². The van der Waals surface area contributed by atoms with Gasteiger partial charge in [-0.3, -0.25) is 4.79 Å². The van der Waals surface area contributed by atoms with Crippen molar-refractivity contribution in [2.45, 2.75) is 6.42 Å². The number of nitrogens with zero attached hydrogens (tertiary/aromatic N) is 1. The van der Waals surface area contributed by atoms with Crippen molar-refractivity contribution in [1.82, 2.24) is 15.3 Å². The Hall–Kier alpha value is -1.82. The van der Waals surface area contributed by atoms with Gasteiger partial charge in [-0.15, -0.1) is 0 Å². The van der Waals surface area contributed by atoms with Gasteiger partial charge >= 0.3 is 0 Å². The van der Waals surface area contributed by atoms with Gasteiger partial charge in [0.1, 0.15) is 5.75 Å². The fourth-order valence-corrected chi connectivity index (χ4v) is 1.89. The number of H-pyrrole nitrogens is 1. The molecule has 0 atom stereocenters. The molecule has 0 aliphatic carbocycles. The summed E-state index contributed by atoms with van der Waals surface area (Å²) in [7, 11) is 0. The van der Waals surface area contributed by atoms with E-state index in [2.05, 4.69) is 31.2 Å². The van der Waals surface area contributed by atoms with Crippen LogP contribution in [0.3, 0.4) is 0 Å². The van der Waals surface area contributed by atoms with E-state index in [1.807, 2.05) is 24.3 Å². The topological polar surface area (TPSA) is 67.0 Å². The van der Waals surface area contributed by atoms with Crippen LogP contribution in [0, 0.1) is 0 Å². The summed E-state index contributed by atoms with van der Waals surface area (Å²) in [6, 6.07) is 7.38. The summed E-state index contributed by atoms with van der Waals surface area (Å²) in [5.74, 6) is 0.526. The molecule has 0 saturated carbocycles. The van der Waals surface area contributed by atoms with Crippen LogP contribution in [-0.4, -0.2) is 29.0 Å². The molecule has 0 radical (unpaired) electrons. The van der Waals surface area contributed by atoms with Crippen molar-refractivity contribution in [2.75, 3.05) is 13.2 Å². The highest BCUT2D eigenvalue weighted by molar-refractivity contribution is 9.10. The van der Waals surface area contributed by atoms with Crippen LogP contribution in [0.4, 0.5) is 0 Å². The number of carbonyl (C=O) groups excluding carboxylic acids is 1. The summed E-state index contributed by atoms with van der Waals surface area (Å²) in [5.41, 5.74) is 0.994. The SMILES string of the molecule is O=C(COc1cccc(Br)c1)NCCc1cnc[nH]1. The Morgan fingerprint density at radius 3 is 3.11 bits per heavy atom. The van der Waals surface area contributed by atoms with E-state index in [9.17, 15) is 4.79 Å². The predicted octanol–water partition coefficient (Wildman–Crippen LogP) is 1.91. The lowest BCUT2D eigenvalue weighted by atomic mass is 10.3. The molecule has 1 aromatic carbocycles. The largest absolute Gasteiger partial charge is 0.484 e. The highest BCUT2D eigenvalue weighted by Crippen LogP contribution is 2.17. The molecule has 0 aliphatic rings. The van der Waals surface area contributed by atoms with Crippen LogP contribution < -0.4 is 10.1 Å². The van der Waals surface area contributed by atoms with E-state index in [4.69, 9.17) is 4.74 Å². The van der Waals surface area contributed by atoms with Crippen molar-refractivity contribution in [3.8, 4) is 5.75 Å². The van der Waals surface area contributed by atoms with E-state index in [1.54, 1.807) is 12.5 Å². The molecule has 0 spiro atoms. The van der Waals surface area contributed by atoms with Crippen molar-refractivity contribution in [1.29, 1.82) is 0 Å². The number of nitrogens with one attached hydrogen (secondary N) is 2. The molecular weight excluding hydrogens is 310 g/mol. The molecule has 1 heterocycles. The fourth-order valence-electron chi connectivity index (χ4n) is 1.51. The summed E-state index contributed by atoms with van der Waals surface area (Å²) >= 11 is 3.34. The number of carbonyl (C=O) groups is 1. The molecule has 0 fully saturated rings. The lowest BCUT2D eigenvalue weighted by Gasteiger charge is -2.07. The maximum Gasteiger partial charge on any atom is 0.257 e. The van der Waals surface area contributed by atoms with E-state index < -0.39 is 0 Å². The van der Waals surface area contributed by atoms with Gasteiger partial charge in [0.25, 0.3) is 5.91 Å². The molecule has 1 amide bonds. The fraction of sp³-hybridized carbons (Fsp3) is 0.231. The van der Waals surface area contributed by atoms with Crippen LogP contribution >= 0.6 is 15.9 Å². The van der Waals surface area contributed by atoms with Crippen LogP contribution in [-0.2, 0) is 11.2 Å². The number of imidazole rings is 1. The Labute approximate surface area is 119 Å². The second-order valence-electron chi connectivity index (χ2n) is 3.92. The lowest BCUT2D eigenvalue weighted by molar-refractivity contribution is -0.123. The minimum absolute atomic E-state index is 0.0133. The Morgan fingerprint density at radius 2 is 2.37 bits per heavy atom. The number of amides is 1. The van der Waals surface area contributed by atoms with Crippen LogP contribution in [0.2, 0.25) is 0 Å². The van der Waals surface area contributed by atoms with Crippen molar-refractivity contribution in [2.24, 2.45) is 0 Å². The van der Waals surface area contributed by atoms with Gasteiger partial charge in [-0.1, -0.05) is 22.0 Å². The van der Waals surface area contributed by atoms with Crippen LogP contribution in [0.25, 0.3) is 0 Å². The third kappa shape index (κ3) is 4.75. The molecule has 6 heteroatoms. The van der Waals surface area contributed by atoms with Gasteiger partial charge in [0, 0.05) is 29.3 Å². The van der Waals surface area contributed by atoms with Gasteiger partial charge in [0.05, 0.1) is 6.33 Å². The Morgan fingerprint density at radius 1 is 1.47 bits per heavy atom. The molecule has 0 bridgehead atoms. The van der Waals surface area contributed by atoms with Gasteiger partial charge in [0.15, 0.2) is 6.61 Å². The summed E-state index contributed by atoms with van der Waals surface area (Å²) in [6.45, 7) is 0.572. The first-order valence-corrected chi connectivity index (χ1v) is 6.65. The monoisotopic (exact) mass is 323 g/mol. The van der Waals surface area contributed by atoms with Gasteiger partial charge in [-0.25, -0.2) is 4.98 Å². The van der Waals surface area contributed by atoms with Gasteiger partial charge in [-0.2, -0.15) is 0 Å².